The van der Waals surface area contributed by atoms with Crippen LogP contribution in [0.4, 0.5) is 16.2 Å². The number of rotatable bonds is 3. The molecule has 1 aliphatic heterocycles. The van der Waals surface area contributed by atoms with Crippen LogP contribution in [0.3, 0.4) is 0 Å². The molecule has 92 valence electrons. The van der Waals surface area contributed by atoms with E-state index < -0.39 is 6.03 Å². The first-order valence-electron chi connectivity index (χ1n) is 5.88. The molecular weight excluding hydrogens is 216 g/mol. The molecule has 2 amide bonds. The van der Waals surface area contributed by atoms with Gasteiger partial charge < -0.3 is 21.7 Å². The Balaban J connectivity index is 2.05. The summed E-state index contributed by atoms with van der Waals surface area (Å²) in [6.45, 7) is 2.06. The molecule has 1 aliphatic rings. The number of carbonyl (C=O) groups excluding carboxylic acids is 1. The third-order valence-electron chi connectivity index (χ3n) is 2.88. The Bertz CT molecular complexity index is 388. The Hall–Kier alpha value is -1.75. The molecule has 2 rings (SSSR count). The van der Waals surface area contributed by atoms with Gasteiger partial charge in [0.2, 0.25) is 0 Å². The predicted molar refractivity (Wildman–Crippen MR) is 69.2 cm³/mol. The largest absolute Gasteiger partial charge is 0.381 e. The van der Waals surface area contributed by atoms with Crippen LogP contribution in [0, 0.1) is 0 Å². The molecule has 1 fully saturated rings. The van der Waals surface area contributed by atoms with E-state index in [2.05, 4.69) is 16.0 Å². The molecule has 1 aromatic carbocycles. The van der Waals surface area contributed by atoms with Crippen molar-refractivity contribution >= 4 is 17.4 Å². The molecule has 0 aliphatic carbocycles. The number of nitrogens with one attached hydrogen (secondary N) is 3. The van der Waals surface area contributed by atoms with Gasteiger partial charge in [0.15, 0.2) is 0 Å². The SMILES string of the molecule is NC(=O)Nc1ccccc1NC1CCNCC1. The van der Waals surface area contributed by atoms with E-state index in [1.54, 1.807) is 0 Å². The van der Waals surface area contributed by atoms with Crippen molar-refractivity contribution in [1.82, 2.24) is 5.32 Å². The minimum Gasteiger partial charge on any atom is -0.381 e. The van der Waals surface area contributed by atoms with Crippen LogP contribution in [0.25, 0.3) is 0 Å². The van der Waals surface area contributed by atoms with Crippen molar-refractivity contribution in [1.29, 1.82) is 0 Å². The van der Waals surface area contributed by atoms with Crippen LogP contribution in [-0.4, -0.2) is 25.2 Å². The van der Waals surface area contributed by atoms with Gasteiger partial charge in [-0.05, 0) is 38.1 Å². The summed E-state index contributed by atoms with van der Waals surface area (Å²) in [6, 6.07) is 7.52. The zero-order valence-electron chi connectivity index (χ0n) is 9.70. The van der Waals surface area contributed by atoms with Gasteiger partial charge in [-0.1, -0.05) is 12.1 Å². The number of benzene rings is 1. The molecule has 1 aromatic rings. The maximum Gasteiger partial charge on any atom is 0.316 e. The maximum atomic E-state index is 10.9. The first-order valence-corrected chi connectivity index (χ1v) is 5.88. The van der Waals surface area contributed by atoms with E-state index in [1.807, 2.05) is 24.3 Å². The molecule has 0 atom stereocenters. The number of primary amides is 1. The molecule has 0 unspecified atom stereocenters. The minimum absolute atomic E-state index is 0.451. The van der Waals surface area contributed by atoms with E-state index in [-0.39, 0.29) is 0 Å². The molecule has 0 radical (unpaired) electrons. The second-order valence-electron chi connectivity index (χ2n) is 4.20. The van der Waals surface area contributed by atoms with Gasteiger partial charge in [-0.15, -0.1) is 0 Å². The molecule has 1 heterocycles. The first-order chi connectivity index (χ1) is 8.25. The smallest absolute Gasteiger partial charge is 0.316 e. The summed E-state index contributed by atoms with van der Waals surface area (Å²) in [5.74, 6) is 0. The molecule has 0 spiro atoms. The highest BCUT2D eigenvalue weighted by molar-refractivity contribution is 5.91. The molecule has 1 saturated heterocycles. The highest BCUT2D eigenvalue weighted by Gasteiger charge is 2.14. The lowest BCUT2D eigenvalue weighted by molar-refractivity contribution is 0.259. The van der Waals surface area contributed by atoms with Gasteiger partial charge in [-0.3, -0.25) is 0 Å². The molecule has 5 nitrogen and oxygen atoms in total. The number of nitrogens with two attached hydrogens (primary N) is 1. The lowest BCUT2D eigenvalue weighted by atomic mass is 10.1. The van der Waals surface area contributed by atoms with E-state index >= 15 is 0 Å². The monoisotopic (exact) mass is 234 g/mol. The molecule has 17 heavy (non-hydrogen) atoms. The second-order valence-corrected chi connectivity index (χ2v) is 4.20. The van der Waals surface area contributed by atoms with Crippen LogP contribution in [0.15, 0.2) is 24.3 Å². The number of anilines is 2. The summed E-state index contributed by atoms with van der Waals surface area (Å²) in [5, 5.41) is 9.39. The highest BCUT2D eigenvalue weighted by Crippen LogP contribution is 2.23. The lowest BCUT2D eigenvalue weighted by Crippen LogP contribution is -2.35. The third kappa shape index (κ3) is 3.35. The van der Waals surface area contributed by atoms with E-state index in [0.717, 1.165) is 37.3 Å². The van der Waals surface area contributed by atoms with Gasteiger partial charge >= 0.3 is 6.03 Å². The van der Waals surface area contributed by atoms with Crippen molar-refractivity contribution in [2.45, 2.75) is 18.9 Å². The van der Waals surface area contributed by atoms with Crippen LogP contribution in [-0.2, 0) is 0 Å². The molecule has 0 saturated carbocycles. The van der Waals surface area contributed by atoms with Gasteiger partial charge in [-0.25, -0.2) is 4.79 Å². The van der Waals surface area contributed by atoms with E-state index in [9.17, 15) is 4.79 Å². The Morgan fingerprint density at radius 3 is 2.53 bits per heavy atom. The molecule has 5 N–H and O–H groups in total. The number of urea groups is 1. The van der Waals surface area contributed by atoms with Crippen molar-refractivity contribution in [2.75, 3.05) is 23.7 Å². The highest BCUT2D eigenvalue weighted by atomic mass is 16.2. The van der Waals surface area contributed by atoms with Gasteiger partial charge in [-0.2, -0.15) is 0 Å². The Morgan fingerprint density at radius 1 is 1.24 bits per heavy atom. The fourth-order valence-corrected chi connectivity index (χ4v) is 2.04. The van der Waals surface area contributed by atoms with Crippen molar-refractivity contribution < 1.29 is 4.79 Å². The number of hydrogen-bond donors (Lipinski definition) is 4. The Kier molecular flexibility index (Phi) is 3.82. The zero-order valence-corrected chi connectivity index (χ0v) is 9.70. The van der Waals surface area contributed by atoms with Gasteiger partial charge in [0.1, 0.15) is 0 Å². The summed E-state index contributed by atoms with van der Waals surface area (Å²) >= 11 is 0. The fraction of sp³-hybridized carbons (Fsp3) is 0.417. The summed E-state index contributed by atoms with van der Waals surface area (Å²) in [6.07, 6.45) is 2.18. The number of piperidine rings is 1. The van der Waals surface area contributed by atoms with Crippen molar-refractivity contribution in [3.05, 3.63) is 24.3 Å². The van der Waals surface area contributed by atoms with E-state index in [1.165, 1.54) is 0 Å². The molecule has 0 aromatic heterocycles. The maximum absolute atomic E-state index is 10.9. The Morgan fingerprint density at radius 2 is 1.88 bits per heavy atom. The van der Waals surface area contributed by atoms with E-state index in [0.29, 0.717) is 6.04 Å². The number of amides is 2. The van der Waals surface area contributed by atoms with Crippen LogP contribution in [0.1, 0.15) is 12.8 Å². The number of carbonyl (C=O) groups is 1. The quantitative estimate of drug-likeness (QED) is 0.637. The number of para-hydroxylation sites is 2. The predicted octanol–water partition coefficient (Wildman–Crippen LogP) is 1.34. The lowest BCUT2D eigenvalue weighted by Gasteiger charge is -2.25. The molecule has 0 bridgehead atoms. The summed E-state index contributed by atoms with van der Waals surface area (Å²) in [7, 11) is 0. The second kappa shape index (κ2) is 5.54. The minimum atomic E-state index is -0.537. The van der Waals surface area contributed by atoms with Crippen LogP contribution in [0.2, 0.25) is 0 Å². The fourth-order valence-electron chi connectivity index (χ4n) is 2.04. The standard InChI is InChI=1S/C12H18N4O/c13-12(17)16-11-4-2-1-3-10(11)15-9-5-7-14-8-6-9/h1-4,9,14-15H,5-8H2,(H3,13,16,17). The van der Waals surface area contributed by atoms with Crippen molar-refractivity contribution in [3.63, 3.8) is 0 Å². The topological polar surface area (TPSA) is 79.2 Å². The third-order valence-corrected chi connectivity index (χ3v) is 2.88. The first kappa shape index (κ1) is 11.7. The van der Waals surface area contributed by atoms with E-state index in [4.69, 9.17) is 5.73 Å². The van der Waals surface area contributed by atoms with Crippen molar-refractivity contribution in [3.8, 4) is 0 Å². The normalized spacial score (nSPS) is 16.5. The average Bonchev–Trinajstić information content (AvgIpc) is 2.32. The van der Waals surface area contributed by atoms with Gasteiger partial charge in [0, 0.05) is 6.04 Å². The summed E-state index contributed by atoms with van der Waals surface area (Å²) in [4.78, 5) is 10.9. The number of hydrogen-bond acceptors (Lipinski definition) is 3. The molecular formula is C12H18N4O. The van der Waals surface area contributed by atoms with Crippen LogP contribution < -0.4 is 21.7 Å². The summed E-state index contributed by atoms with van der Waals surface area (Å²) < 4.78 is 0. The van der Waals surface area contributed by atoms with Gasteiger partial charge in [0.25, 0.3) is 0 Å². The summed E-state index contributed by atoms with van der Waals surface area (Å²) in [5.41, 5.74) is 6.80. The molecule has 5 heteroatoms. The van der Waals surface area contributed by atoms with Gasteiger partial charge in [0.05, 0.1) is 11.4 Å². The zero-order chi connectivity index (χ0) is 12.1. The average molecular weight is 234 g/mol. The van der Waals surface area contributed by atoms with Crippen LogP contribution >= 0.6 is 0 Å². The van der Waals surface area contributed by atoms with Crippen molar-refractivity contribution in [2.24, 2.45) is 5.73 Å². The Labute approximate surface area is 101 Å². The van der Waals surface area contributed by atoms with Crippen LogP contribution in [0.5, 0.6) is 0 Å².